The molecule has 1 saturated carbocycles. The fourth-order valence-corrected chi connectivity index (χ4v) is 1.81. The minimum absolute atomic E-state index is 0.575. The van der Waals surface area contributed by atoms with Gasteiger partial charge in [0.25, 0.3) is 0 Å². The van der Waals surface area contributed by atoms with Gasteiger partial charge in [-0.25, -0.2) is 0 Å². The van der Waals surface area contributed by atoms with E-state index in [9.17, 15) is 0 Å². The summed E-state index contributed by atoms with van der Waals surface area (Å²) in [5.41, 5.74) is 1.15. The van der Waals surface area contributed by atoms with Gasteiger partial charge in [-0.3, -0.25) is 0 Å². The molecule has 0 amide bonds. The third-order valence-corrected chi connectivity index (χ3v) is 3.69. The zero-order chi connectivity index (χ0) is 11.8. The van der Waals surface area contributed by atoms with Crippen LogP contribution in [0.2, 0.25) is 0 Å². The summed E-state index contributed by atoms with van der Waals surface area (Å²) in [6, 6.07) is 0. The van der Waals surface area contributed by atoms with E-state index in [0.29, 0.717) is 10.8 Å². The standard InChI is InChI=1S/C10H20.2C2H6/c1-9(2)7-5-6-8-10(9,3)4;2*1-2/h5-8H2,1-4H3;2*1-2H3. The summed E-state index contributed by atoms with van der Waals surface area (Å²) in [5, 5.41) is 0. The van der Waals surface area contributed by atoms with Gasteiger partial charge in [-0.2, -0.15) is 0 Å². The predicted molar refractivity (Wildman–Crippen MR) is 68.7 cm³/mol. The van der Waals surface area contributed by atoms with Crippen molar-refractivity contribution in [2.24, 2.45) is 10.8 Å². The summed E-state index contributed by atoms with van der Waals surface area (Å²) < 4.78 is 0. The van der Waals surface area contributed by atoms with Crippen LogP contribution in [0.15, 0.2) is 0 Å². The van der Waals surface area contributed by atoms with E-state index in [2.05, 4.69) is 27.7 Å². The van der Waals surface area contributed by atoms with Crippen molar-refractivity contribution < 1.29 is 0 Å². The fraction of sp³-hybridized carbons (Fsp3) is 1.00. The monoisotopic (exact) mass is 200 g/mol. The molecule has 88 valence electrons. The lowest BCUT2D eigenvalue weighted by Crippen LogP contribution is -2.35. The van der Waals surface area contributed by atoms with Gasteiger partial charge in [-0.1, -0.05) is 68.2 Å². The van der Waals surface area contributed by atoms with E-state index in [1.54, 1.807) is 0 Å². The molecule has 0 aromatic heterocycles. The van der Waals surface area contributed by atoms with E-state index in [-0.39, 0.29) is 0 Å². The van der Waals surface area contributed by atoms with Crippen molar-refractivity contribution in [2.45, 2.75) is 81.1 Å². The van der Waals surface area contributed by atoms with Crippen molar-refractivity contribution in [2.75, 3.05) is 0 Å². The summed E-state index contributed by atoms with van der Waals surface area (Å²) in [5.74, 6) is 0. The molecule has 14 heavy (non-hydrogen) atoms. The van der Waals surface area contributed by atoms with Crippen LogP contribution < -0.4 is 0 Å². The van der Waals surface area contributed by atoms with Gasteiger partial charge in [0.05, 0.1) is 0 Å². The van der Waals surface area contributed by atoms with Crippen LogP contribution >= 0.6 is 0 Å². The molecule has 0 aromatic rings. The topological polar surface area (TPSA) is 0 Å². The van der Waals surface area contributed by atoms with Gasteiger partial charge >= 0.3 is 0 Å². The molecule has 0 heteroatoms. The average Bonchev–Trinajstić information content (AvgIpc) is 2.17. The lowest BCUT2D eigenvalue weighted by Gasteiger charge is -2.45. The Hall–Kier alpha value is 0. The van der Waals surface area contributed by atoms with Crippen molar-refractivity contribution in [1.82, 2.24) is 0 Å². The van der Waals surface area contributed by atoms with Crippen LogP contribution in [0.3, 0.4) is 0 Å². The van der Waals surface area contributed by atoms with E-state index in [1.807, 2.05) is 27.7 Å². The SMILES string of the molecule is CC.CC.CC1(C)CCCCC1(C)C. The van der Waals surface area contributed by atoms with Crippen LogP contribution in [0.4, 0.5) is 0 Å². The quantitative estimate of drug-likeness (QED) is 0.473. The Kier molecular flexibility index (Phi) is 8.58. The zero-order valence-corrected chi connectivity index (χ0v) is 11.8. The molecule has 0 aromatic carbocycles. The maximum absolute atomic E-state index is 2.41. The highest BCUT2D eigenvalue weighted by Gasteiger charge is 2.38. The van der Waals surface area contributed by atoms with Gasteiger partial charge in [-0.05, 0) is 23.7 Å². The van der Waals surface area contributed by atoms with Gasteiger partial charge in [-0.15, -0.1) is 0 Å². The molecule has 0 saturated heterocycles. The highest BCUT2D eigenvalue weighted by atomic mass is 14.4. The Morgan fingerprint density at radius 3 is 0.929 bits per heavy atom. The van der Waals surface area contributed by atoms with Crippen molar-refractivity contribution >= 4 is 0 Å². The first kappa shape index (κ1) is 16.4. The third kappa shape index (κ3) is 4.48. The fourth-order valence-electron chi connectivity index (χ4n) is 1.81. The largest absolute Gasteiger partial charge is 0.0683 e. The van der Waals surface area contributed by atoms with Crippen molar-refractivity contribution in [3.8, 4) is 0 Å². The van der Waals surface area contributed by atoms with Gasteiger partial charge in [0.2, 0.25) is 0 Å². The maximum Gasteiger partial charge on any atom is -0.0303 e. The predicted octanol–water partition coefficient (Wildman–Crippen LogP) is 5.67. The van der Waals surface area contributed by atoms with Gasteiger partial charge < -0.3 is 0 Å². The molecule has 0 aliphatic heterocycles. The highest BCUT2D eigenvalue weighted by Crippen LogP contribution is 2.49. The second-order valence-electron chi connectivity index (χ2n) is 4.97. The van der Waals surface area contributed by atoms with Gasteiger partial charge in [0.15, 0.2) is 0 Å². The molecule has 0 atom stereocenters. The summed E-state index contributed by atoms with van der Waals surface area (Å²) in [4.78, 5) is 0. The molecule has 0 unspecified atom stereocenters. The Bertz CT molecular complexity index is 104. The molecule has 0 bridgehead atoms. The first-order valence-electron chi connectivity index (χ1n) is 6.46. The van der Waals surface area contributed by atoms with Crippen molar-refractivity contribution in [3.05, 3.63) is 0 Å². The summed E-state index contributed by atoms with van der Waals surface area (Å²) in [6.07, 6.45) is 5.72. The Morgan fingerprint density at radius 2 is 0.786 bits per heavy atom. The van der Waals surface area contributed by atoms with E-state index in [0.717, 1.165) is 0 Å². The smallest absolute Gasteiger partial charge is 0.0303 e. The molecule has 0 nitrogen and oxygen atoms in total. The van der Waals surface area contributed by atoms with E-state index >= 15 is 0 Å². The highest BCUT2D eigenvalue weighted by molar-refractivity contribution is 4.89. The summed E-state index contributed by atoms with van der Waals surface area (Å²) in [6.45, 7) is 17.6. The number of hydrogen-bond donors (Lipinski definition) is 0. The first-order chi connectivity index (χ1) is 6.46. The molecular formula is C14H32. The zero-order valence-electron chi connectivity index (χ0n) is 11.8. The lowest BCUT2D eigenvalue weighted by molar-refractivity contribution is 0.0520. The van der Waals surface area contributed by atoms with E-state index < -0.39 is 0 Å². The molecule has 1 rings (SSSR count). The second kappa shape index (κ2) is 7.31. The van der Waals surface area contributed by atoms with Crippen LogP contribution in [0.1, 0.15) is 81.1 Å². The van der Waals surface area contributed by atoms with Crippen LogP contribution in [-0.2, 0) is 0 Å². The molecular weight excluding hydrogens is 168 g/mol. The lowest BCUT2D eigenvalue weighted by atomic mass is 9.60. The normalized spacial score (nSPS) is 22.3. The number of hydrogen-bond acceptors (Lipinski definition) is 0. The van der Waals surface area contributed by atoms with E-state index in [4.69, 9.17) is 0 Å². The third-order valence-electron chi connectivity index (χ3n) is 3.69. The maximum atomic E-state index is 2.41. The van der Waals surface area contributed by atoms with Crippen molar-refractivity contribution in [3.63, 3.8) is 0 Å². The van der Waals surface area contributed by atoms with Crippen LogP contribution in [0.5, 0.6) is 0 Å². The molecule has 1 aliphatic carbocycles. The Balaban J connectivity index is 0. The molecule has 1 aliphatic rings. The Morgan fingerprint density at radius 1 is 0.571 bits per heavy atom. The minimum Gasteiger partial charge on any atom is -0.0683 e. The van der Waals surface area contributed by atoms with Gasteiger partial charge in [0, 0.05) is 0 Å². The Labute approximate surface area is 92.5 Å². The van der Waals surface area contributed by atoms with Crippen LogP contribution in [0, 0.1) is 10.8 Å². The minimum atomic E-state index is 0.575. The molecule has 0 radical (unpaired) electrons. The molecule has 0 heterocycles. The van der Waals surface area contributed by atoms with Crippen molar-refractivity contribution in [1.29, 1.82) is 0 Å². The van der Waals surface area contributed by atoms with E-state index in [1.165, 1.54) is 25.7 Å². The number of rotatable bonds is 0. The molecule has 1 fully saturated rings. The van der Waals surface area contributed by atoms with Crippen LogP contribution in [-0.4, -0.2) is 0 Å². The van der Waals surface area contributed by atoms with Crippen LogP contribution in [0.25, 0.3) is 0 Å². The summed E-state index contributed by atoms with van der Waals surface area (Å²) >= 11 is 0. The van der Waals surface area contributed by atoms with Gasteiger partial charge in [0.1, 0.15) is 0 Å². The molecule has 0 spiro atoms. The molecule has 0 N–H and O–H groups in total. The first-order valence-corrected chi connectivity index (χ1v) is 6.46. The summed E-state index contributed by atoms with van der Waals surface area (Å²) in [7, 11) is 0. The second-order valence-corrected chi connectivity index (χ2v) is 4.97. The average molecular weight is 200 g/mol.